The molecule has 1 aromatic heterocycles. The number of amides is 2. The van der Waals surface area contributed by atoms with Crippen molar-refractivity contribution in [1.82, 2.24) is 14.9 Å². The van der Waals surface area contributed by atoms with Crippen LogP contribution in [-0.4, -0.2) is 44.2 Å². The Morgan fingerprint density at radius 3 is 2.43 bits per heavy atom. The number of rotatable bonds is 8. The van der Waals surface area contributed by atoms with E-state index in [2.05, 4.69) is 10.6 Å². The second-order valence-corrected chi connectivity index (χ2v) is 12.7. The summed E-state index contributed by atoms with van der Waals surface area (Å²) in [4.78, 5) is 24.9. The highest BCUT2D eigenvalue weighted by Crippen LogP contribution is 2.29. The van der Waals surface area contributed by atoms with Crippen LogP contribution in [-0.2, 0) is 21.4 Å². The van der Waals surface area contributed by atoms with Gasteiger partial charge in [0.25, 0.3) is 15.9 Å². The van der Waals surface area contributed by atoms with E-state index in [4.69, 9.17) is 0 Å². The summed E-state index contributed by atoms with van der Waals surface area (Å²) in [5, 5.41) is 7.72. The molecule has 1 saturated heterocycles. The van der Waals surface area contributed by atoms with Gasteiger partial charge >= 0.3 is 0 Å². The highest BCUT2D eigenvalue weighted by Gasteiger charge is 2.34. The summed E-state index contributed by atoms with van der Waals surface area (Å²) in [5.41, 5.74) is 1.33. The Kier molecular flexibility index (Phi) is 8.97. The summed E-state index contributed by atoms with van der Waals surface area (Å²) in [6.07, 6.45) is 8.60. The molecule has 1 aliphatic heterocycles. The predicted octanol–water partition coefficient (Wildman–Crippen LogP) is 4.17. The molecule has 1 unspecified atom stereocenters. The smallest absolute Gasteiger partial charge is 0.252 e. The molecule has 35 heavy (non-hydrogen) atoms. The third-order valence-electron chi connectivity index (χ3n) is 7.00. The monoisotopic (exact) mass is 517 g/mol. The lowest BCUT2D eigenvalue weighted by Gasteiger charge is -2.20. The number of thiophene rings is 1. The van der Waals surface area contributed by atoms with E-state index in [1.165, 1.54) is 34.9 Å². The van der Waals surface area contributed by atoms with Gasteiger partial charge in [-0.05, 0) is 54.3 Å². The lowest BCUT2D eigenvalue weighted by atomic mass is 9.90. The average Bonchev–Trinajstić information content (AvgIpc) is 3.52. The Labute approximate surface area is 212 Å². The fourth-order valence-corrected chi connectivity index (χ4v) is 7.76. The number of hydrogen-bond donors (Lipinski definition) is 2. The van der Waals surface area contributed by atoms with E-state index in [1.54, 1.807) is 35.7 Å². The van der Waals surface area contributed by atoms with E-state index in [9.17, 15) is 18.0 Å². The zero-order chi connectivity index (χ0) is 24.7. The van der Waals surface area contributed by atoms with Crippen molar-refractivity contribution in [3.8, 4) is 0 Å². The Morgan fingerprint density at radius 2 is 1.69 bits per heavy atom. The third-order valence-corrected chi connectivity index (χ3v) is 10.3. The molecule has 0 spiro atoms. The van der Waals surface area contributed by atoms with E-state index in [0.717, 1.165) is 37.7 Å². The van der Waals surface area contributed by atoms with Crippen molar-refractivity contribution in [2.45, 2.75) is 62.1 Å². The molecule has 1 aromatic carbocycles. The molecular formula is C26H35N3O4S2. The number of benzene rings is 1. The quantitative estimate of drug-likeness (QED) is 0.550. The van der Waals surface area contributed by atoms with Crippen LogP contribution >= 0.6 is 11.3 Å². The molecule has 1 saturated carbocycles. The largest absolute Gasteiger partial charge is 0.356 e. The van der Waals surface area contributed by atoms with Gasteiger partial charge in [0, 0.05) is 37.7 Å². The molecule has 1 aliphatic carbocycles. The lowest BCUT2D eigenvalue weighted by Crippen LogP contribution is -2.36. The van der Waals surface area contributed by atoms with E-state index < -0.39 is 10.0 Å². The summed E-state index contributed by atoms with van der Waals surface area (Å²) in [7, 11) is -3.58. The van der Waals surface area contributed by atoms with E-state index >= 15 is 0 Å². The number of sulfonamides is 1. The summed E-state index contributed by atoms with van der Waals surface area (Å²) in [5.74, 6) is 0.175. The first kappa shape index (κ1) is 25.9. The molecule has 4 rings (SSSR count). The summed E-state index contributed by atoms with van der Waals surface area (Å²) < 4.78 is 28.2. The predicted molar refractivity (Wildman–Crippen MR) is 138 cm³/mol. The standard InChI is InChI=1S/C26H35N3O4S2/c30-25(22-9-5-2-1-3-6-10-22)27-16-20-13-14-29(18-20)35(32,33)24-15-21(19-34-24)17-28-26(31)23-11-7-4-8-12-23/h4,7-8,11-12,15,19-20,22H,1-3,5-6,9-10,13-14,16-18H2,(H,27,30)(H,28,31). The topological polar surface area (TPSA) is 95.6 Å². The first-order valence-corrected chi connectivity index (χ1v) is 14.9. The van der Waals surface area contributed by atoms with Crippen LogP contribution in [0.1, 0.15) is 67.3 Å². The molecule has 2 aliphatic rings. The van der Waals surface area contributed by atoms with Crippen LogP contribution in [0.2, 0.25) is 0 Å². The fourth-order valence-electron chi connectivity index (χ4n) is 4.87. The van der Waals surface area contributed by atoms with Crippen molar-refractivity contribution < 1.29 is 18.0 Å². The maximum Gasteiger partial charge on any atom is 0.252 e. The first-order chi connectivity index (χ1) is 16.9. The van der Waals surface area contributed by atoms with Crippen molar-refractivity contribution >= 4 is 33.2 Å². The Bertz CT molecular complexity index is 1090. The van der Waals surface area contributed by atoms with E-state index in [1.807, 2.05) is 6.07 Å². The minimum atomic E-state index is -3.58. The maximum atomic E-state index is 13.2. The molecule has 1 atom stereocenters. The molecule has 190 valence electrons. The number of carbonyl (C=O) groups is 2. The van der Waals surface area contributed by atoms with Gasteiger partial charge in [-0.25, -0.2) is 8.42 Å². The summed E-state index contributed by atoms with van der Waals surface area (Å²) in [6, 6.07) is 10.6. The average molecular weight is 518 g/mol. The van der Waals surface area contributed by atoms with Crippen molar-refractivity contribution in [1.29, 1.82) is 0 Å². The van der Waals surface area contributed by atoms with Gasteiger partial charge < -0.3 is 10.6 Å². The molecule has 9 heteroatoms. The second-order valence-electron chi connectivity index (χ2n) is 9.63. The molecule has 0 bridgehead atoms. The zero-order valence-electron chi connectivity index (χ0n) is 20.1. The van der Waals surface area contributed by atoms with Gasteiger partial charge in [0.15, 0.2) is 0 Å². The van der Waals surface area contributed by atoms with Crippen LogP contribution < -0.4 is 10.6 Å². The van der Waals surface area contributed by atoms with Crippen LogP contribution in [0.3, 0.4) is 0 Å². The molecule has 7 nitrogen and oxygen atoms in total. The Morgan fingerprint density at radius 1 is 0.971 bits per heavy atom. The zero-order valence-corrected chi connectivity index (χ0v) is 21.7. The van der Waals surface area contributed by atoms with E-state index in [-0.39, 0.29) is 30.2 Å². The van der Waals surface area contributed by atoms with Crippen molar-refractivity contribution in [3.63, 3.8) is 0 Å². The molecule has 2 amide bonds. The molecule has 2 fully saturated rings. The van der Waals surface area contributed by atoms with Gasteiger partial charge in [-0.15, -0.1) is 11.3 Å². The van der Waals surface area contributed by atoms with Crippen LogP contribution in [0.15, 0.2) is 46.0 Å². The van der Waals surface area contributed by atoms with Crippen molar-refractivity contribution in [2.75, 3.05) is 19.6 Å². The highest BCUT2D eigenvalue weighted by atomic mass is 32.2. The fraction of sp³-hybridized carbons (Fsp3) is 0.538. The second kappa shape index (κ2) is 12.1. The van der Waals surface area contributed by atoms with Gasteiger partial charge in [0.05, 0.1) is 0 Å². The molecular weight excluding hydrogens is 482 g/mol. The van der Waals surface area contributed by atoms with Crippen LogP contribution in [0.4, 0.5) is 0 Å². The first-order valence-electron chi connectivity index (χ1n) is 12.6. The number of hydrogen-bond acceptors (Lipinski definition) is 5. The highest BCUT2D eigenvalue weighted by molar-refractivity contribution is 7.91. The van der Waals surface area contributed by atoms with Crippen LogP contribution in [0.25, 0.3) is 0 Å². The minimum Gasteiger partial charge on any atom is -0.356 e. The van der Waals surface area contributed by atoms with Crippen LogP contribution in [0.5, 0.6) is 0 Å². The van der Waals surface area contributed by atoms with Crippen molar-refractivity contribution in [3.05, 3.63) is 52.9 Å². The minimum absolute atomic E-state index is 0.100. The number of nitrogens with zero attached hydrogens (tertiary/aromatic N) is 1. The molecule has 2 N–H and O–H groups in total. The maximum absolute atomic E-state index is 13.2. The van der Waals surface area contributed by atoms with Gasteiger partial charge in [0.1, 0.15) is 4.21 Å². The third kappa shape index (κ3) is 6.92. The molecule has 2 heterocycles. The normalized spacial score (nSPS) is 20.2. The molecule has 0 radical (unpaired) electrons. The van der Waals surface area contributed by atoms with E-state index in [0.29, 0.717) is 29.4 Å². The van der Waals surface area contributed by atoms with Gasteiger partial charge in [0.2, 0.25) is 5.91 Å². The Hall–Kier alpha value is -2.23. The van der Waals surface area contributed by atoms with Gasteiger partial charge in [-0.1, -0.05) is 50.3 Å². The lowest BCUT2D eigenvalue weighted by molar-refractivity contribution is -0.125. The van der Waals surface area contributed by atoms with Gasteiger partial charge in [-0.2, -0.15) is 4.31 Å². The summed E-state index contributed by atoms with van der Waals surface area (Å²) >= 11 is 1.18. The number of nitrogens with one attached hydrogen (secondary N) is 2. The van der Waals surface area contributed by atoms with Crippen molar-refractivity contribution in [2.24, 2.45) is 11.8 Å². The van der Waals surface area contributed by atoms with Crippen LogP contribution in [0, 0.1) is 11.8 Å². The summed E-state index contributed by atoms with van der Waals surface area (Å²) in [6.45, 7) is 1.69. The van der Waals surface area contributed by atoms with Gasteiger partial charge in [-0.3, -0.25) is 9.59 Å². The Balaban J connectivity index is 1.26. The number of carbonyl (C=O) groups excluding carboxylic acids is 2. The molecule has 2 aromatic rings. The SMILES string of the molecule is O=C(NCc1csc(S(=O)(=O)N2CCC(CNC(=O)C3CCCCCCC3)C2)c1)c1ccccc1.